The van der Waals surface area contributed by atoms with E-state index < -0.39 is 0 Å². The number of benzene rings is 9. The fourth-order valence-electron chi connectivity index (χ4n) is 9.01. The van der Waals surface area contributed by atoms with E-state index in [2.05, 4.69) is 231 Å². The maximum Gasteiger partial charge on any atom is 0.0467 e. The normalized spacial score (nSPS) is 12.6. The molecule has 0 unspecified atom stereocenters. The Labute approximate surface area is 329 Å². The minimum Gasteiger partial charge on any atom is -0.310 e. The van der Waals surface area contributed by atoms with Gasteiger partial charge in [0.2, 0.25) is 0 Å². The average Bonchev–Trinajstić information content (AvgIpc) is 3.50. The SMILES string of the molecule is CC1(C)c2ccccc2-c2cccc(-c3ccc(N(c4ccc(-c5ccccc5-c5ccccc5)cc4)c4cccc(-c5cccc6ccccc56)c4)cc3)c21. The topological polar surface area (TPSA) is 3.24 Å². The molecule has 0 saturated carbocycles. The number of hydrogen-bond donors (Lipinski definition) is 0. The molecule has 1 aliphatic carbocycles. The number of nitrogens with zero attached hydrogens (tertiary/aromatic N) is 1. The second-order valence-electron chi connectivity index (χ2n) is 15.3. The third kappa shape index (κ3) is 5.72. The van der Waals surface area contributed by atoms with Crippen LogP contribution in [0.1, 0.15) is 25.0 Å². The number of anilines is 3. The molecular weight excluding hydrogens is 675 g/mol. The van der Waals surface area contributed by atoms with Crippen molar-refractivity contribution in [2.45, 2.75) is 19.3 Å². The van der Waals surface area contributed by atoms with Gasteiger partial charge in [-0.15, -0.1) is 0 Å². The van der Waals surface area contributed by atoms with Crippen LogP contribution in [0.4, 0.5) is 17.1 Å². The van der Waals surface area contributed by atoms with Gasteiger partial charge in [-0.3, -0.25) is 0 Å². The van der Waals surface area contributed by atoms with Crippen LogP contribution in [0, 0.1) is 0 Å². The van der Waals surface area contributed by atoms with Crippen LogP contribution in [0.15, 0.2) is 212 Å². The summed E-state index contributed by atoms with van der Waals surface area (Å²) in [6, 6.07) is 77.5. The van der Waals surface area contributed by atoms with Crippen molar-refractivity contribution in [1.29, 1.82) is 0 Å². The van der Waals surface area contributed by atoms with Crippen LogP contribution >= 0.6 is 0 Å². The number of fused-ring (bicyclic) bond motifs is 4. The van der Waals surface area contributed by atoms with Gasteiger partial charge in [0.15, 0.2) is 0 Å². The fourth-order valence-corrected chi connectivity index (χ4v) is 9.01. The predicted octanol–water partition coefficient (Wildman–Crippen LogP) is 15.3. The molecule has 0 fully saturated rings. The van der Waals surface area contributed by atoms with E-state index in [4.69, 9.17) is 0 Å². The zero-order valence-corrected chi connectivity index (χ0v) is 31.7. The lowest BCUT2D eigenvalue weighted by atomic mass is 9.79. The molecule has 0 spiro atoms. The highest BCUT2D eigenvalue weighted by Crippen LogP contribution is 2.52. The molecule has 0 amide bonds. The molecule has 266 valence electrons. The van der Waals surface area contributed by atoms with Gasteiger partial charge < -0.3 is 4.90 Å². The van der Waals surface area contributed by atoms with Crippen LogP contribution in [0.3, 0.4) is 0 Å². The van der Waals surface area contributed by atoms with Gasteiger partial charge in [0.25, 0.3) is 0 Å². The van der Waals surface area contributed by atoms with E-state index in [9.17, 15) is 0 Å². The van der Waals surface area contributed by atoms with Crippen LogP contribution in [0.25, 0.3) is 66.4 Å². The second-order valence-corrected chi connectivity index (χ2v) is 15.3. The fraction of sp³-hybridized carbons (Fsp3) is 0.0545. The second kappa shape index (κ2) is 13.7. The van der Waals surface area contributed by atoms with Crippen molar-refractivity contribution in [2.75, 3.05) is 4.90 Å². The summed E-state index contributed by atoms with van der Waals surface area (Å²) in [6.45, 7) is 4.73. The summed E-state index contributed by atoms with van der Waals surface area (Å²) in [7, 11) is 0. The van der Waals surface area contributed by atoms with Gasteiger partial charge in [-0.1, -0.05) is 190 Å². The molecule has 0 aromatic heterocycles. The molecular formula is C55H41N. The van der Waals surface area contributed by atoms with Crippen molar-refractivity contribution >= 4 is 27.8 Å². The van der Waals surface area contributed by atoms with Crippen molar-refractivity contribution in [2.24, 2.45) is 0 Å². The summed E-state index contributed by atoms with van der Waals surface area (Å²) in [5, 5.41) is 2.50. The van der Waals surface area contributed by atoms with Crippen LogP contribution in [0.2, 0.25) is 0 Å². The Bertz CT molecular complexity index is 2860. The molecule has 0 bridgehead atoms. The number of hydrogen-bond acceptors (Lipinski definition) is 1. The molecule has 1 nitrogen and oxygen atoms in total. The minimum absolute atomic E-state index is 0.0872. The monoisotopic (exact) mass is 715 g/mol. The summed E-state index contributed by atoms with van der Waals surface area (Å²) >= 11 is 0. The van der Waals surface area contributed by atoms with E-state index in [1.165, 1.54) is 77.5 Å². The summed E-state index contributed by atoms with van der Waals surface area (Å²) in [5.74, 6) is 0. The zero-order chi connectivity index (χ0) is 37.6. The van der Waals surface area contributed by atoms with Crippen LogP contribution in [-0.2, 0) is 5.41 Å². The Balaban J connectivity index is 1.08. The van der Waals surface area contributed by atoms with Crippen LogP contribution in [-0.4, -0.2) is 0 Å². The molecule has 9 aromatic rings. The van der Waals surface area contributed by atoms with Crippen molar-refractivity contribution in [3.8, 4) is 55.6 Å². The van der Waals surface area contributed by atoms with Crippen LogP contribution in [0.5, 0.6) is 0 Å². The molecule has 0 saturated heterocycles. The van der Waals surface area contributed by atoms with Gasteiger partial charge in [0, 0.05) is 22.5 Å². The lowest BCUT2D eigenvalue weighted by molar-refractivity contribution is 0.662. The van der Waals surface area contributed by atoms with Gasteiger partial charge in [-0.25, -0.2) is 0 Å². The van der Waals surface area contributed by atoms with Gasteiger partial charge in [-0.2, -0.15) is 0 Å². The largest absolute Gasteiger partial charge is 0.310 e. The highest BCUT2D eigenvalue weighted by Gasteiger charge is 2.37. The van der Waals surface area contributed by atoms with Gasteiger partial charge in [0.1, 0.15) is 0 Å². The van der Waals surface area contributed by atoms with E-state index in [1.54, 1.807) is 0 Å². The van der Waals surface area contributed by atoms with E-state index in [0.29, 0.717) is 0 Å². The Kier molecular flexibility index (Phi) is 8.23. The molecule has 56 heavy (non-hydrogen) atoms. The quantitative estimate of drug-likeness (QED) is 0.159. The Morgan fingerprint density at radius 1 is 0.321 bits per heavy atom. The molecule has 0 radical (unpaired) electrons. The van der Waals surface area contributed by atoms with Crippen molar-refractivity contribution in [3.63, 3.8) is 0 Å². The molecule has 0 aliphatic heterocycles. The van der Waals surface area contributed by atoms with E-state index in [0.717, 1.165) is 17.1 Å². The minimum atomic E-state index is -0.0872. The third-order valence-corrected chi connectivity index (χ3v) is 11.7. The summed E-state index contributed by atoms with van der Waals surface area (Å²) < 4.78 is 0. The van der Waals surface area contributed by atoms with E-state index in [1.807, 2.05) is 0 Å². The predicted molar refractivity (Wildman–Crippen MR) is 238 cm³/mol. The third-order valence-electron chi connectivity index (χ3n) is 11.7. The first kappa shape index (κ1) is 33.6. The molecule has 1 aliphatic rings. The summed E-state index contributed by atoms with van der Waals surface area (Å²) in [4.78, 5) is 2.39. The first-order valence-electron chi connectivity index (χ1n) is 19.5. The van der Waals surface area contributed by atoms with Gasteiger partial charge in [-0.05, 0) is 114 Å². The molecule has 10 rings (SSSR count). The maximum atomic E-state index is 2.39. The van der Waals surface area contributed by atoms with Crippen molar-refractivity contribution < 1.29 is 0 Å². The molecule has 9 aromatic carbocycles. The molecule has 0 atom stereocenters. The highest BCUT2D eigenvalue weighted by atomic mass is 15.1. The summed E-state index contributed by atoms with van der Waals surface area (Å²) in [6.07, 6.45) is 0. The number of rotatable bonds is 7. The van der Waals surface area contributed by atoms with Gasteiger partial charge in [0.05, 0.1) is 0 Å². The Morgan fingerprint density at radius 2 is 0.804 bits per heavy atom. The highest BCUT2D eigenvalue weighted by molar-refractivity contribution is 5.98. The lowest BCUT2D eigenvalue weighted by Gasteiger charge is -2.27. The van der Waals surface area contributed by atoms with Gasteiger partial charge >= 0.3 is 0 Å². The lowest BCUT2D eigenvalue weighted by Crippen LogP contribution is -2.16. The zero-order valence-electron chi connectivity index (χ0n) is 31.7. The first-order valence-corrected chi connectivity index (χ1v) is 19.5. The molecule has 1 heteroatoms. The summed E-state index contributed by atoms with van der Waals surface area (Å²) in [5.41, 5.74) is 18.5. The van der Waals surface area contributed by atoms with Crippen molar-refractivity contribution in [1.82, 2.24) is 0 Å². The first-order chi connectivity index (χ1) is 27.5. The van der Waals surface area contributed by atoms with Crippen LogP contribution < -0.4 is 4.90 Å². The molecule has 0 heterocycles. The average molecular weight is 716 g/mol. The Morgan fingerprint density at radius 3 is 1.54 bits per heavy atom. The standard InChI is InChI=1S/C55H41N/c1-55(2)53-28-11-10-24-51(53)52-27-14-26-50(54(52)55)41-31-35-44(36-32-41)56(45-20-12-19-42(37-45)49-25-13-18-39-17-6-7-21-47(39)49)43-33-29-40(30-34-43)48-23-9-8-22-46(48)38-15-4-3-5-16-38/h3-37H,1-2H3. The van der Waals surface area contributed by atoms with E-state index in [-0.39, 0.29) is 5.41 Å². The molecule has 0 N–H and O–H groups in total. The smallest absolute Gasteiger partial charge is 0.0467 e. The maximum absolute atomic E-state index is 2.39. The van der Waals surface area contributed by atoms with Crippen molar-refractivity contribution in [3.05, 3.63) is 223 Å². The van der Waals surface area contributed by atoms with E-state index >= 15 is 0 Å². The Hall–Kier alpha value is -6.96.